The number of hydrogen-bond donors (Lipinski definition) is 7. The van der Waals surface area contributed by atoms with Gasteiger partial charge in [-0.15, -0.1) is 0 Å². The van der Waals surface area contributed by atoms with Crippen molar-refractivity contribution in [2.75, 3.05) is 39.5 Å². The number of nitrogens with one attached hydrogen (secondary N) is 6. The third kappa shape index (κ3) is 11.6. The van der Waals surface area contributed by atoms with E-state index in [0.717, 1.165) is 4.90 Å². The lowest BCUT2D eigenvalue weighted by Crippen LogP contribution is -2.52. The highest BCUT2D eigenvalue weighted by atomic mass is 19.1. The number of halogens is 1. The normalized spacial score (nSPS) is 17.5. The molecule has 8 rings (SSSR count). The number of fused-ring (bicyclic) bond motifs is 5. The molecule has 2 aromatic heterocycles. The fraction of sp³-hybridized carbons (Fsp3) is 0.404. The van der Waals surface area contributed by atoms with Gasteiger partial charge in [0.1, 0.15) is 31.8 Å². The maximum absolute atomic E-state index is 15.4. The van der Waals surface area contributed by atoms with E-state index in [1.54, 1.807) is 50.2 Å². The first-order chi connectivity index (χ1) is 36.4. The fourth-order valence-electron chi connectivity index (χ4n) is 9.72. The summed E-state index contributed by atoms with van der Waals surface area (Å²) in [6.45, 7) is 0.337. The number of unbranched alkanes of at least 4 members (excludes halogenated alkanes) is 2. The number of nitrogens with zero attached hydrogens (tertiary/aromatic N) is 3. The number of esters is 1. The van der Waals surface area contributed by atoms with Crippen molar-refractivity contribution in [3.63, 3.8) is 0 Å². The van der Waals surface area contributed by atoms with E-state index in [0.29, 0.717) is 87.5 Å². The maximum atomic E-state index is 15.4. The van der Waals surface area contributed by atoms with Crippen LogP contribution in [0.5, 0.6) is 0 Å². The molecule has 75 heavy (non-hydrogen) atoms. The molecule has 5 heterocycles. The molecule has 3 aliphatic heterocycles. The molecule has 0 saturated carbocycles. The number of imide groups is 1. The Morgan fingerprint density at radius 3 is 2.40 bits per heavy atom. The lowest BCUT2D eigenvalue weighted by atomic mass is 9.81. The molecule has 2 aromatic carbocycles. The Labute approximate surface area is 429 Å². The molecule has 4 aromatic rings. The predicted octanol–water partition coefficient (Wildman–Crippen LogP) is 0.282. The van der Waals surface area contributed by atoms with Gasteiger partial charge in [-0.25, -0.2) is 14.2 Å². The lowest BCUT2D eigenvalue weighted by Gasteiger charge is -2.31. The number of ether oxygens (including phenoxy) is 2. The van der Waals surface area contributed by atoms with Gasteiger partial charge in [-0.1, -0.05) is 43.7 Å². The Morgan fingerprint density at radius 2 is 1.65 bits per heavy atom. The second kappa shape index (κ2) is 22.9. The minimum atomic E-state index is -2.06. The first-order valence-electron chi connectivity index (χ1n) is 25.0. The van der Waals surface area contributed by atoms with Gasteiger partial charge in [0.15, 0.2) is 7.01 Å². The minimum absolute atomic E-state index is 0.0209. The van der Waals surface area contributed by atoms with Crippen molar-refractivity contribution in [2.45, 2.75) is 96.1 Å². The quantitative estimate of drug-likeness (QED) is 0.0212. The Hall–Kier alpha value is -8.18. The molecule has 0 unspecified atom stereocenters. The van der Waals surface area contributed by atoms with Gasteiger partial charge in [-0.2, -0.15) is 0 Å². The van der Waals surface area contributed by atoms with Gasteiger partial charge in [0.25, 0.3) is 17.4 Å². The maximum Gasteiger partial charge on any atom is 0.343 e. The summed E-state index contributed by atoms with van der Waals surface area (Å²) < 4.78 is 35.6. The standard InChI is InChI=1S/C52H56FN9O13/c1-3-52(73)33-19-38-48-31(24-62(38)50(71)32(33)25-75-51(52)72)47-35(14-13-30-28(2)34(53)20-36(60-48)46(30)47)58-43(67)26-74-27-57-41(65)22-56-49(70)37(18-29-10-6-4-7-11-29)59-42(66)23-55-40(64)21-54-39(63)12-8-5-9-17-61-44(68)15-16-45(61)69/h4,6-7,10-11,15-16,19-20,35,37,73H,3,5,8-9,12-14,17-18,21-27H2,1-2H3,(H,54,63)(H,55,64)(H,56,70)(H,57,65)(H,58,67)(H,59,66)/t35-,37-,52-/m0/s1/i/hD. The number of aromatic nitrogens is 2. The number of benzene rings is 2. The Balaban J connectivity index is 0.813. The van der Waals surface area contributed by atoms with E-state index in [9.17, 15) is 53.1 Å². The van der Waals surface area contributed by atoms with Crippen LogP contribution in [0.25, 0.3) is 22.3 Å². The first kappa shape index (κ1) is 51.7. The molecule has 0 saturated heterocycles. The zero-order chi connectivity index (χ0) is 54.4. The molecule has 3 atom stereocenters. The summed E-state index contributed by atoms with van der Waals surface area (Å²) in [7, 11) is 0. The highest BCUT2D eigenvalue weighted by Gasteiger charge is 2.46. The Morgan fingerprint density at radius 1 is 0.907 bits per heavy atom. The molecular weight excluding hydrogens is 978 g/mol. The van der Waals surface area contributed by atoms with Crippen LogP contribution in [0.4, 0.5) is 4.39 Å². The van der Waals surface area contributed by atoms with Crippen LogP contribution >= 0.6 is 0 Å². The van der Waals surface area contributed by atoms with E-state index in [2.05, 4.69) is 26.6 Å². The number of rotatable bonds is 22. The molecule has 394 valence electrons. The van der Waals surface area contributed by atoms with Crippen LogP contribution in [0.15, 0.2) is 59.4 Å². The summed E-state index contributed by atoms with van der Waals surface area (Å²) in [6.07, 6.45) is 4.55. The van der Waals surface area contributed by atoms with Crippen LogP contribution in [0, 0.1) is 12.7 Å². The molecule has 8 amide bonds. The number of hydrogen-bond acceptors (Lipinski definition) is 14. The van der Waals surface area contributed by atoms with E-state index in [4.69, 9.17) is 15.9 Å². The van der Waals surface area contributed by atoms with Crippen molar-refractivity contribution < 1.29 is 63.5 Å². The number of carbonyl (C=O) groups excluding carboxylic acids is 9. The van der Waals surface area contributed by atoms with Gasteiger partial charge in [0, 0.05) is 54.1 Å². The second-order valence-electron chi connectivity index (χ2n) is 18.5. The number of carbonyl (C=O) groups is 9. The summed E-state index contributed by atoms with van der Waals surface area (Å²) >= 11 is 0. The van der Waals surface area contributed by atoms with Crippen molar-refractivity contribution in [2.24, 2.45) is 0 Å². The van der Waals surface area contributed by atoms with Crippen LogP contribution < -0.4 is 37.5 Å². The predicted molar refractivity (Wildman–Crippen MR) is 263 cm³/mol. The smallest absolute Gasteiger partial charge is 0.343 e. The van der Waals surface area contributed by atoms with Crippen LogP contribution in [0.3, 0.4) is 0 Å². The minimum Gasteiger partial charge on any atom is -0.458 e. The number of pyridine rings is 2. The summed E-state index contributed by atoms with van der Waals surface area (Å²) in [4.78, 5) is 134. The average molecular weight is 1040 g/mol. The van der Waals surface area contributed by atoms with Crippen LogP contribution in [0.2, 0.25) is 1.41 Å². The second-order valence-corrected chi connectivity index (χ2v) is 18.5. The highest BCUT2D eigenvalue weighted by Crippen LogP contribution is 2.46. The average Bonchev–Trinajstić information content (AvgIpc) is 4.01. The number of cyclic esters (lactones) is 1. The highest BCUT2D eigenvalue weighted by molar-refractivity contribution is 6.12. The van der Waals surface area contributed by atoms with E-state index in [-0.39, 0.29) is 61.9 Å². The molecule has 0 spiro atoms. The summed E-state index contributed by atoms with van der Waals surface area (Å²) in [5.74, 6) is -6.40. The summed E-state index contributed by atoms with van der Waals surface area (Å²) in [5.41, 5.74) is 1.72. The van der Waals surface area contributed by atoms with Crippen LogP contribution in [-0.4, -0.2) is 118 Å². The molecule has 0 fully saturated rings. The number of aliphatic hydroxyl groups is 1. The Kier molecular flexibility index (Phi) is 15.8. The van der Waals surface area contributed by atoms with Gasteiger partial charge in [0.05, 0.1) is 54.7 Å². The Bertz CT molecular complexity index is 3130. The molecule has 0 radical (unpaired) electrons. The summed E-state index contributed by atoms with van der Waals surface area (Å²) in [5, 5.41) is 25.1. The van der Waals surface area contributed by atoms with Crippen LogP contribution in [0.1, 0.15) is 90.4 Å². The zero-order valence-electron chi connectivity index (χ0n) is 42.2. The summed E-state index contributed by atoms with van der Waals surface area (Å²) in [6, 6.07) is 9.60. The topological polar surface area (TPSA) is 303 Å². The largest absolute Gasteiger partial charge is 0.458 e. The van der Waals surface area contributed by atoms with E-state index in [1.165, 1.54) is 22.8 Å². The third-order valence-corrected chi connectivity index (χ3v) is 13.7. The van der Waals surface area contributed by atoms with Gasteiger partial charge in [-0.3, -0.25) is 48.1 Å². The van der Waals surface area contributed by atoms with Gasteiger partial charge in [-0.05, 0) is 67.3 Å². The number of aryl methyl sites for hydroxylation is 1. The zero-order valence-corrected chi connectivity index (χ0v) is 41.2. The van der Waals surface area contributed by atoms with Crippen molar-refractivity contribution in [1.82, 2.24) is 46.3 Å². The molecule has 7 N–H and O–H groups in total. The van der Waals surface area contributed by atoms with Gasteiger partial charge < -0.3 is 51.0 Å². The first-order valence-corrected chi connectivity index (χ1v) is 24.5. The monoisotopic (exact) mass is 1030 g/mol. The van der Waals surface area contributed by atoms with E-state index >= 15 is 4.39 Å². The SMILES string of the molecule is [2H]N(CC(=O)N[C@@H](Cc1ccccc1)C(=O)NCC(=O)NCOCC(=O)N[C@H]1CCc2c(C)c(F)cc3nc4c(c1c23)Cn1c-4cc2c(c1=O)COC(=O)[C@]2(O)CC)C(=O)CNC(=O)CCCCCN1C(=O)C=CC1=O. The van der Waals surface area contributed by atoms with Gasteiger partial charge >= 0.3 is 5.97 Å². The molecule has 1 aliphatic carbocycles. The molecular formula is C52H56FN9O13. The van der Waals surface area contributed by atoms with Crippen molar-refractivity contribution >= 4 is 64.1 Å². The fourth-order valence-corrected chi connectivity index (χ4v) is 9.72. The van der Waals surface area contributed by atoms with E-state index in [1.807, 2.05) is 0 Å². The molecule has 4 aliphatic rings. The van der Waals surface area contributed by atoms with Crippen molar-refractivity contribution in [1.29, 1.82) is 0 Å². The van der Waals surface area contributed by atoms with Gasteiger partial charge in [0.2, 0.25) is 35.4 Å². The number of amides is 8. The van der Waals surface area contributed by atoms with E-state index < -0.39 is 103 Å². The van der Waals surface area contributed by atoms with Crippen molar-refractivity contribution in [3.8, 4) is 11.4 Å². The van der Waals surface area contributed by atoms with Crippen LogP contribution in [-0.2, 0) is 84.2 Å². The van der Waals surface area contributed by atoms with Crippen molar-refractivity contribution in [3.05, 3.63) is 110 Å². The third-order valence-electron chi connectivity index (χ3n) is 13.7. The molecule has 23 heteroatoms. The molecule has 0 bridgehead atoms. The lowest BCUT2D eigenvalue weighted by molar-refractivity contribution is -0.172. The molecule has 22 nitrogen and oxygen atoms in total.